The average molecular weight is 445 g/mol. The lowest BCUT2D eigenvalue weighted by Gasteiger charge is -2.34. The van der Waals surface area contributed by atoms with Crippen molar-refractivity contribution < 1.29 is 9.21 Å². The van der Waals surface area contributed by atoms with Crippen LogP contribution in [0.5, 0.6) is 0 Å². The van der Waals surface area contributed by atoms with E-state index in [-0.39, 0.29) is 11.3 Å². The summed E-state index contributed by atoms with van der Waals surface area (Å²) < 4.78 is 6.24. The van der Waals surface area contributed by atoms with Gasteiger partial charge in [0.05, 0.1) is 10.9 Å². The summed E-state index contributed by atoms with van der Waals surface area (Å²) in [6.45, 7) is 5.64. The van der Waals surface area contributed by atoms with Crippen molar-refractivity contribution in [2.75, 3.05) is 26.2 Å². The second kappa shape index (κ2) is 8.73. The van der Waals surface area contributed by atoms with Crippen LogP contribution >= 0.6 is 11.3 Å². The molecule has 1 aliphatic rings. The Morgan fingerprint density at radius 1 is 1.00 bits per heavy atom. The molecule has 1 amide bonds. The van der Waals surface area contributed by atoms with Crippen LogP contribution in [0.1, 0.15) is 21.5 Å². The van der Waals surface area contributed by atoms with Crippen molar-refractivity contribution in [3.63, 3.8) is 0 Å². The monoisotopic (exact) mass is 444 g/mol. The second-order valence-corrected chi connectivity index (χ2v) is 8.91. The van der Waals surface area contributed by atoms with Crippen molar-refractivity contribution in [3.8, 4) is 11.3 Å². The van der Waals surface area contributed by atoms with Gasteiger partial charge in [-0.3, -0.25) is 14.5 Å². The molecule has 4 aromatic rings. The van der Waals surface area contributed by atoms with E-state index < -0.39 is 0 Å². The number of nitrogens with zero attached hydrogens (tertiary/aromatic N) is 2. The van der Waals surface area contributed by atoms with E-state index in [1.807, 2.05) is 35.2 Å². The molecule has 2 aromatic heterocycles. The molecule has 5 nitrogen and oxygen atoms in total. The number of hydrogen-bond acceptors (Lipinski definition) is 5. The van der Waals surface area contributed by atoms with Gasteiger partial charge in [-0.05, 0) is 41.4 Å². The van der Waals surface area contributed by atoms with Gasteiger partial charge in [-0.2, -0.15) is 11.3 Å². The summed E-state index contributed by atoms with van der Waals surface area (Å²) in [5.41, 5.74) is 3.41. The molecule has 0 bridgehead atoms. The SMILES string of the molecule is Cc1c(-c2ccccc2)oc2c(C(=O)N3CCN(Cc4ccsc4)CC3)cccc2c1=O. The third-order valence-corrected chi connectivity index (χ3v) is 6.79. The molecular formula is C26H24N2O3S. The van der Waals surface area contributed by atoms with Crippen LogP contribution in [0.3, 0.4) is 0 Å². The third-order valence-electron chi connectivity index (χ3n) is 6.06. The topological polar surface area (TPSA) is 53.8 Å². The van der Waals surface area contributed by atoms with Crippen molar-refractivity contribution in [2.24, 2.45) is 0 Å². The molecule has 162 valence electrons. The highest BCUT2D eigenvalue weighted by Gasteiger charge is 2.25. The predicted octanol–water partition coefficient (Wildman–Crippen LogP) is 4.79. The van der Waals surface area contributed by atoms with E-state index in [1.54, 1.807) is 36.5 Å². The predicted molar refractivity (Wildman–Crippen MR) is 128 cm³/mol. The molecule has 2 aromatic carbocycles. The maximum absolute atomic E-state index is 13.4. The Morgan fingerprint density at radius 3 is 2.50 bits per heavy atom. The molecule has 0 atom stereocenters. The van der Waals surface area contributed by atoms with E-state index in [2.05, 4.69) is 21.7 Å². The van der Waals surface area contributed by atoms with Gasteiger partial charge in [0.25, 0.3) is 5.91 Å². The number of para-hydroxylation sites is 1. The van der Waals surface area contributed by atoms with Gasteiger partial charge in [-0.25, -0.2) is 0 Å². The molecule has 0 radical (unpaired) electrons. The van der Waals surface area contributed by atoms with Gasteiger partial charge < -0.3 is 9.32 Å². The van der Waals surface area contributed by atoms with Crippen molar-refractivity contribution in [2.45, 2.75) is 13.5 Å². The lowest BCUT2D eigenvalue weighted by molar-refractivity contribution is 0.0629. The van der Waals surface area contributed by atoms with Crippen molar-refractivity contribution in [1.29, 1.82) is 0 Å². The first-order chi connectivity index (χ1) is 15.6. The fourth-order valence-electron chi connectivity index (χ4n) is 4.26. The first-order valence-corrected chi connectivity index (χ1v) is 11.7. The molecule has 32 heavy (non-hydrogen) atoms. The normalized spacial score (nSPS) is 14.7. The van der Waals surface area contributed by atoms with E-state index in [9.17, 15) is 9.59 Å². The lowest BCUT2D eigenvalue weighted by Crippen LogP contribution is -2.48. The molecule has 0 aliphatic carbocycles. The van der Waals surface area contributed by atoms with Crippen molar-refractivity contribution in [3.05, 3.63) is 92.3 Å². The number of amides is 1. The molecular weight excluding hydrogens is 420 g/mol. The standard InChI is InChI=1S/C26H24N2O3S/c1-18-23(29)21-8-5-9-22(25(21)31-24(18)20-6-3-2-4-7-20)26(30)28-13-11-27(12-14-28)16-19-10-15-32-17-19/h2-10,15,17H,11-14,16H2,1H3. The Kier molecular flexibility index (Phi) is 5.64. The van der Waals surface area contributed by atoms with Gasteiger partial charge in [0.2, 0.25) is 0 Å². The summed E-state index contributed by atoms with van der Waals surface area (Å²) in [4.78, 5) is 30.7. The third kappa shape index (κ3) is 3.87. The first-order valence-electron chi connectivity index (χ1n) is 10.8. The van der Waals surface area contributed by atoms with E-state index >= 15 is 0 Å². The number of hydrogen-bond donors (Lipinski definition) is 0. The number of benzene rings is 2. The highest BCUT2D eigenvalue weighted by molar-refractivity contribution is 7.07. The minimum absolute atomic E-state index is 0.0863. The van der Waals surface area contributed by atoms with Crippen LogP contribution in [0.25, 0.3) is 22.3 Å². The summed E-state index contributed by atoms with van der Waals surface area (Å²) in [6.07, 6.45) is 0. The molecule has 0 spiro atoms. The molecule has 0 unspecified atom stereocenters. The smallest absolute Gasteiger partial charge is 0.257 e. The Labute approximate surface area is 190 Å². The number of carbonyl (C=O) groups excluding carboxylic acids is 1. The minimum atomic E-state index is -0.0969. The molecule has 1 aliphatic heterocycles. The van der Waals surface area contributed by atoms with Gasteiger partial charge >= 0.3 is 0 Å². The molecule has 0 saturated carbocycles. The zero-order valence-electron chi connectivity index (χ0n) is 17.9. The van der Waals surface area contributed by atoms with Gasteiger partial charge in [0, 0.05) is 43.9 Å². The Hall–Kier alpha value is -3.22. The molecule has 5 rings (SSSR count). The maximum atomic E-state index is 13.4. The van der Waals surface area contributed by atoms with E-state index in [4.69, 9.17) is 4.42 Å². The summed E-state index contributed by atoms with van der Waals surface area (Å²) in [5, 5.41) is 4.71. The zero-order valence-corrected chi connectivity index (χ0v) is 18.7. The van der Waals surface area contributed by atoms with Gasteiger partial charge in [0.15, 0.2) is 11.0 Å². The number of piperazine rings is 1. The van der Waals surface area contributed by atoms with Crippen LogP contribution in [-0.2, 0) is 6.54 Å². The Morgan fingerprint density at radius 2 is 1.78 bits per heavy atom. The van der Waals surface area contributed by atoms with Gasteiger partial charge in [-0.15, -0.1) is 0 Å². The van der Waals surface area contributed by atoms with E-state index in [0.717, 1.165) is 25.2 Å². The van der Waals surface area contributed by atoms with Crippen LogP contribution in [0.4, 0.5) is 0 Å². The molecule has 6 heteroatoms. The van der Waals surface area contributed by atoms with Crippen molar-refractivity contribution in [1.82, 2.24) is 9.80 Å². The van der Waals surface area contributed by atoms with Crippen LogP contribution < -0.4 is 5.43 Å². The minimum Gasteiger partial charge on any atom is -0.455 e. The van der Waals surface area contributed by atoms with E-state index in [1.165, 1.54) is 5.56 Å². The molecule has 0 N–H and O–H groups in total. The van der Waals surface area contributed by atoms with Crippen LogP contribution in [0.15, 0.2) is 74.6 Å². The number of fused-ring (bicyclic) bond motifs is 1. The Balaban J connectivity index is 1.44. The van der Waals surface area contributed by atoms with Crippen LogP contribution in [0, 0.1) is 6.92 Å². The highest BCUT2D eigenvalue weighted by Crippen LogP contribution is 2.28. The highest BCUT2D eigenvalue weighted by atomic mass is 32.1. The van der Waals surface area contributed by atoms with E-state index in [0.29, 0.717) is 40.9 Å². The maximum Gasteiger partial charge on any atom is 0.257 e. The zero-order chi connectivity index (χ0) is 22.1. The summed E-state index contributed by atoms with van der Waals surface area (Å²) in [6, 6.07) is 17.0. The first kappa shape index (κ1) is 20.7. The number of rotatable bonds is 4. The quantitative estimate of drug-likeness (QED) is 0.454. The largest absolute Gasteiger partial charge is 0.455 e. The van der Waals surface area contributed by atoms with Gasteiger partial charge in [-0.1, -0.05) is 36.4 Å². The average Bonchev–Trinajstić information content (AvgIpc) is 3.35. The molecule has 1 fully saturated rings. The summed E-state index contributed by atoms with van der Waals surface area (Å²) in [7, 11) is 0. The van der Waals surface area contributed by atoms with Crippen LogP contribution in [0.2, 0.25) is 0 Å². The lowest BCUT2D eigenvalue weighted by atomic mass is 10.0. The molecule has 1 saturated heterocycles. The summed E-state index contributed by atoms with van der Waals surface area (Å²) in [5.74, 6) is 0.431. The fourth-order valence-corrected chi connectivity index (χ4v) is 4.92. The second-order valence-electron chi connectivity index (χ2n) is 8.13. The summed E-state index contributed by atoms with van der Waals surface area (Å²) >= 11 is 1.71. The Bertz CT molecular complexity index is 1300. The fraction of sp³-hybridized carbons (Fsp3) is 0.231. The number of thiophene rings is 1. The molecule has 3 heterocycles. The number of carbonyl (C=O) groups is 1. The van der Waals surface area contributed by atoms with Crippen molar-refractivity contribution >= 4 is 28.2 Å². The van der Waals surface area contributed by atoms with Gasteiger partial charge in [0.1, 0.15) is 5.76 Å². The van der Waals surface area contributed by atoms with Crippen LogP contribution in [-0.4, -0.2) is 41.9 Å².